The molecule has 0 aliphatic rings. The van der Waals surface area contributed by atoms with Gasteiger partial charge >= 0.3 is 0 Å². The van der Waals surface area contributed by atoms with E-state index in [1.54, 1.807) is 0 Å². The van der Waals surface area contributed by atoms with Gasteiger partial charge in [-0.15, -0.1) is 0 Å². The fraction of sp³-hybridized carbons (Fsp3) is 0.125. The second-order valence-electron chi connectivity index (χ2n) is 4.00. The molecule has 0 amide bonds. The maximum Gasteiger partial charge on any atom is 0.142 e. The summed E-state index contributed by atoms with van der Waals surface area (Å²) >= 11 is 0. The summed E-state index contributed by atoms with van der Waals surface area (Å²) in [5.74, 6) is 0. The van der Waals surface area contributed by atoms with Gasteiger partial charge in [0.1, 0.15) is 12.3 Å². The van der Waals surface area contributed by atoms with Crippen LogP contribution in [0.15, 0.2) is 65.8 Å². The molecule has 2 rings (SSSR count). The summed E-state index contributed by atoms with van der Waals surface area (Å²) < 4.78 is 0. The van der Waals surface area contributed by atoms with E-state index < -0.39 is 0 Å². The minimum atomic E-state index is 0.235. The average Bonchev–Trinajstić information content (AvgIpc) is 2.48. The maximum absolute atomic E-state index is 8.83. The molecule has 0 heterocycles. The topological polar surface area (TPSA) is 45.4 Å². The van der Waals surface area contributed by atoms with E-state index in [1.165, 1.54) is 0 Å². The van der Waals surface area contributed by atoms with Gasteiger partial charge in [0, 0.05) is 5.56 Å². The van der Waals surface area contributed by atoms with Crippen LogP contribution >= 0.6 is 0 Å². The number of nitriles is 1. The van der Waals surface area contributed by atoms with Gasteiger partial charge in [-0.2, -0.15) is 5.26 Å². The first kappa shape index (κ1) is 12.8. The minimum absolute atomic E-state index is 0.235. The van der Waals surface area contributed by atoms with E-state index in [-0.39, 0.29) is 6.42 Å². The summed E-state index contributed by atoms with van der Waals surface area (Å²) in [6.07, 6.45) is 0.235. The van der Waals surface area contributed by atoms with E-state index in [9.17, 15) is 0 Å². The molecule has 0 aliphatic heterocycles. The van der Waals surface area contributed by atoms with Crippen molar-refractivity contribution in [3.63, 3.8) is 0 Å². The molecule has 3 nitrogen and oxygen atoms in total. The van der Waals surface area contributed by atoms with E-state index in [0.29, 0.717) is 12.3 Å². The molecule has 0 saturated heterocycles. The summed E-state index contributed by atoms with van der Waals surface area (Å²) in [5, 5.41) is 12.9. The van der Waals surface area contributed by atoms with E-state index in [0.717, 1.165) is 11.1 Å². The molecule has 3 heteroatoms. The van der Waals surface area contributed by atoms with Crippen molar-refractivity contribution in [3.05, 3.63) is 71.8 Å². The van der Waals surface area contributed by atoms with Crippen LogP contribution in [-0.2, 0) is 11.4 Å². The number of rotatable bonds is 5. The van der Waals surface area contributed by atoms with E-state index >= 15 is 0 Å². The molecule has 0 aromatic heterocycles. The molecule has 0 unspecified atom stereocenters. The second kappa shape index (κ2) is 6.97. The van der Waals surface area contributed by atoms with Crippen molar-refractivity contribution in [2.45, 2.75) is 13.0 Å². The lowest BCUT2D eigenvalue weighted by atomic mass is 10.1. The van der Waals surface area contributed by atoms with Crippen molar-refractivity contribution in [2.75, 3.05) is 0 Å². The standard InChI is InChI=1S/C16H14N2O/c17-12-11-16(15-9-5-2-6-10-15)18-19-13-14-7-3-1-4-8-14/h1-10H,11,13H2. The van der Waals surface area contributed by atoms with Crippen molar-refractivity contribution < 1.29 is 4.84 Å². The van der Waals surface area contributed by atoms with Gasteiger partial charge < -0.3 is 4.84 Å². The zero-order chi connectivity index (χ0) is 13.3. The maximum atomic E-state index is 8.83. The fourth-order valence-electron chi connectivity index (χ4n) is 1.65. The van der Waals surface area contributed by atoms with Gasteiger partial charge in [0.25, 0.3) is 0 Å². The van der Waals surface area contributed by atoms with E-state index in [1.807, 2.05) is 60.7 Å². The summed E-state index contributed by atoms with van der Waals surface area (Å²) in [6.45, 7) is 0.405. The summed E-state index contributed by atoms with van der Waals surface area (Å²) in [6, 6.07) is 21.5. The lowest BCUT2D eigenvalue weighted by Gasteiger charge is -2.04. The third-order valence-electron chi connectivity index (χ3n) is 2.60. The van der Waals surface area contributed by atoms with Crippen LogP contribution < -0.4 is 0 Å². The highest BCUT2D eigenvalue weighted by Gasteiger charge is 2.03. The number of benzene rings is 2. The Hall–Kier alpha value is -2.60. The lowest BCUT2D eigenvalue weighted by molar-refractivity contribution is 0.130. The van der Waals surface area contributed by atoms with E-state index in [2.05, 4.69) is 11.2 Å². The zero-order valence-corrected chi connectivity index (χ0v) is 10.5. The summed E-state index contributed by atoms with van der Waals surface area (Å²) in [5.41, 5.74) is 2.62. The Bertz CT molecular complexity index is 571. The smallest absolute Gasteiger partial charge is 0.142 e. The molecule has 0 fully saturated rings. The summed E-state index contributed by atoms with van der Waals surface area (Å²) in [7, 11) is 0. The molecule has 94 valence electrons. The van der Waals surface area contributed by atoms with Crippen LogP contribution in [0.5, 0.6) is 0 Å². The van der Waals surface area contributed by atoms with Gasteiger partial charge in [-0.3, -0.25) is 0 Å². The third kappa shape index (κ3) is 3.97. The molecular weight excluding hydrogens is 236 g/mol. The SMILES string of the molecule is N#CCC(=NOCc1ccccc1)c1ccccc1. The van der Waals surface area contributed by atoms with Crippen LogP contribution in [0.3, 0.4) is 0 Å². The number of nitrogens with zero attached hydrogens (tertiary/aromatic N) is 2. The largest absolute Gasteiger partial charge is 0.391 e. The Morgan fingerprint density at radius 1 is 1.00 bits per heavy atom. The first-order chi connectivity index (χ1) is 9.40. The van der Waals surface area contributed by atoms with Crippen LogP contribution in [0, 0.1) is 11.3 Å². The quantitative estimate of drug-likeness (QED) is 0.602. The van der Waals surface area contributed by atoms with Gasteiger partial charge in [0.05, 0.1) is 12.5 Å². The van der Waals surface area contributed by atoms with Gasteiger partial charge in [-0.05, 0) is 5.56 Å². The van der Waals surface area contributed by atoms with Crippen LogP contribution in [0.2, 0.25) is 0 Å². The molecule has 0 saturated carbocycles. The minimum Gasteiger partial charge on any atom is -0.391 e. The molecule has 19 heavy (non-hydrogen) atoms. The van der Waals surface area contributed by atoms with Crippen molar-refractivity contribution in [3.8, 4) is 6.07 Å². The Morgan fingerprint density at radius 3 is 2.26 bits per heavy atom. The monoisotopic (exact) mass is 250 g/mol. The Balaban J connectivity index is 2.04. The fourth-order valence-corrected chi connectivity index (χ4v) is 1.65. The molecule has 0 atom stereocenters. The van der Waals surface area contributed by atoms with Crippen LogP contribution in [0.4, 0.5) is 0 Å². The molecule has 2 aromatic rings. The van der Waals surface area contributed by atoms with Crippen molar-refractivity contribution in [1.82, 2.24) is 0 Å². The highest BCUT2D eigenvalue weighted by atomic mass is 16.6. The number of hydrogen-bond acceptors (Lipinski definition) is 3. The highest BCUT2D eigenvalue weighted by molar-refractivity contribution is 6.01. The zero-order valence-electron chi connectivity index (χ0n) is 10.5. The normalized spacial score (nSPS) is 10.8. The first-order valence-electron chi connectivity index (χ1n) is 6.05. The summed E-state index contributed by atoms with van der Waals surface area (Å²) in [4.78, 5) is 5.33. The van der Waals surface area contributed by atoms with Gasteiger partial charge in [-0.1, -0.05) is 65.8 Å². The Labute approximate surface area is 112 Å². The van der Waals surface area contributed by atoms with Gasteiger partial charge in [-0.25, -0.2) is 0 Å². The second-order valence-corrected chi connectivity index (χ2v) is 4.00. The Kier molecular flexibility index (Phi) is 4.71. The molecular formula is C16H14N2O. The number of oxime groups is 1. The van der Waals surface area contributed by atoms with Gasteiger partial charge in [0.2, 0.25) is 0 Å². The molecule has 0 N–H and O–H groups in total. The molecule has 0 aliphatic carbocycles. The van der Waals surface area contributed by atoms with Crippen molar-refractivity contribution in [2.24, 2.45) is 5.16 Å². The Morgan fingerprint density at radius 2 is 1.63 bits per heavy atom. The van der Waals surface area contributed by atoms with Crippen molar-refractivity contribution >= 4 is 5.71 Å². The van der Waals surface area contributed by atoms with E-state index in [4.69, 9.17) is 10.1 Å². The predicted octanol–water partition coefficient (Wildman–Crippen LogP) is 3.52. The highest BCUT2D eigenvalue weighted by Crippen LogP contribution is 2.06. The van der Waals surface area contributed by atoms with Crippen molar-refractivity contribution in [1.29, 1.82) is 5.26 Å². The van der Waals surface area contributed by atoms with Gasteiger partial charge in [0.15, 0.2) is 0 Å². The van der Waals surface area contributed by atoms with Crippen LogP contribution in [0.1, 0.15) is 17.5 Å². The molecule has 0 bridgehead atoms. The first-order valence-corrected chi connectivity index (χ1v) is 6.05. The molecule has 0 radical (unpaired) electrons. The molecule has 0 spiro atoms. The number of hydrogen-bond donors (Lipinski definition) is 0. The predicted molar refractivity (Wildman–Crippen MR) is 74.4 cm³/mol. The van der Waals surface area contributed by atoms with Crippen LogP contribution in [-0.4, -0.2) is 5.71 Å². The molecule has 2 aromatic carbocycles. The lowest BCUT2D eigenvalue weighted by Crippen LogP contribution is -2.01. The third-order valence-corrected chi connectivity index (χ3v) is 2.60. The van der Waals surface area contributed by atoms with Crippen LogP contribution in [0.25, 0.3) is 0 Å². The average molecular weight is 250 g/mol.